The Hall–Kier alpha value is -3.81. The van der Waals surface area contributed by atoms with Crippen LogP contribution in [-0.2, 0) is 6.18 Å². The summed E-state index contributed by atoms with van der Waals surface area (Å²) in [5.41, 5.74) is 0.349. The van der Waals surface area contributed by atoms with Crippen molar-refractivity contribution in [3.05, 3.63) is 89.5 Å². The van der Waals surface area contributed by atoms with E-state index in [9.17, 15) is 22.8 Å². The van der Waals surface area contributed by atoms with Crippen molar-refractivity contribution in [2.24, 2.45) is 0 Å². The number of anilines is 2. The topological polar surface area (TPSA) is 67.4 Å². The van der Waals surface area contributed by atoms with Gasteiger partial charge in [0.05, 0.1) is 12.2 Å². The van der Waals surface area contributed by atoms with E-state index in [1.165, 1.54) is 24.3 Å². The number of nitrogens with one attached hydrogen (secondary N) is 2. The van der Waals surface area contributed by atoms with Gasteiger partial charge in [0, 0.05) is 22.5 Å². The molecular weight excluding hydrogens is 445 g/mol. The number of halogens is 3. The summed E-state index contributed by atoms with van der Waals surface area (Å²) >= 11 is 0. The summed E-state index contributed by atoms with van der Waals surface area (Å²) in [7, 11) is 0. The van der Waals surface area contributed by atoms with E-state index in [0.29, 0.717) is 23.6 Å². The first-order valence-electron chi connectivity index (χ1n) is 10.9. The van der Waals surface area contributed by atoms with Crippen LogP contribution in [0.4, 0.5) is 24.5 Å². The van der Waals surface area contributed by atoms with Crippen LogP contribution in [0.25, 0.3) is 0 Å². The Morgan fingerprint density at radius 1 is 0.794 bits per heavy atom. The highest BCUT2D eigenvalue weighted by Crippen LogP contribution is 2.30. The third-order valence-corrected chi connectivity index (χ3v) is 4.99. The van der Waals surface area contributed by atoms with Crippen molar-refractivity contribution in [2.45, 2.75) is 32.4 Å². The van der Waals surface area contributed by atoms with E-state index < -0.39 is 17.6 Å². The van der Waals surface area contributed by atoms with Crippen LogP contribution in [-0.4, -0.2) is 18.4 Å². The number of hydrogen-bond acceptors (Lipinski definition) is 3. The Bertz CT molecular complexity index is 1110. The fraction of sp³-hybridized carbons (Fsp3) is 0.231. The fourth-order valence-electron chi connectivity index (χ4n) is 3.13. The van der Waals surface area contributed by atoms with Crippen molar-refractivity contribution in [2.75, 3.05) is 17.2 Å². The molecule has 2 N–H and O–H groups in total. The number of ether oxygens (including phenoxy) is 1. The number of benzene rings is 3. The molecule has 0 aliphatic carbocycles. The molecular formula is C26H25F3N2O3. The zero-order valence-corrected chi connectivity index (χ0v) is 18.6. The number of carbonyl (C=O) groups excluding carboxylic acids is 2. The molecule has 0 atom stereocenters. The van der Waals surface area contributed by atoms with Crippen molar-refractivity contribution in [3.63, 3.8) is 0 Å². The summed E-state index contributed by atoms with van der Waals surface area (Å²) < 4.78 is 44.2. The van der Waals surface area contributed by atoms with Crippen LogP contribution in [0.15, 0.2) is 72.8 Å². The lowest BCUT2D eigenvalue weighted by molar-refractivity contribution is -0.137. The normalized spacial score (nSPS) is 11.1. The number of unbranched alkanes of at least 4 members (excludes halogenated alkanes) is 2. The van der Waals surface area contributed by atoms with Gasteiger partial charge >= 0.3 is 6.18 Å². The zero-order chi connectivity index (χ0) is 24.6. The van der Waals surface area contributed by atoms with Crippen LogP contribution in [0.1, 0.15) is 52.5 Å². The summed E-state index contributed by atoms with van der Waals surface area (Å²) in [4.78, 5) is 24.9. The van der Waals surface area contributed by atoms with Crippen molar-refractivity contribution in [3.8, 4) is 5.75 Å². The minimum absolute atomic E-state index is 0.0370. The highest BCUT2D eigenvalue weighted by molar-refractivity contribution is 6.06. The minimum Gasteiger partial charge on any atom is -0.494 e. The molecule has 178 valence electrons. The molecule has 0 aliphatic rings. The minimum atomic E-state index is -4.50. The second-order valence-corrected chi connectivity index (χ2v) is 7.64. The lowest BCUT2D eigenvalue weighted by atomic mass is 10.1. The molecule has 0 radical (unpaired) electrons. The van der Waals surface area contributed by atoms with Gasteiger partial charge in [-0.2, -0.15) is 13.2 Å². The van der Waals surface area contributed by atoms with Gasteiger partial charge in [-0.05, 0) is 73.2 Å². The van der Waals surface area contributed by atoms with Gasteiger partial charge in [0.25, 0.3) is 11.8 Å². The maximum atomic E-state index is 12.8. The first-order valence-corrected chi connectivity index (χ1v) is 10.9. The SMILES string of the molecule is CCCCCOc1ccc(C(=O)Nc2ccc(C(=O)Nc3cccc(C(F)(F)F)c3)cc2)cc1. The maximum absolute atomic E-state index is 12.8. The van der Waals surface area contributed by atoms with Crippen molar-refractivity contribution >= 4 is 23.2 Å². The molecule has 0 heterocycles. The average molecular weight is 470 g/mol. The number of carbonyl (C=O) groups is 2. The second-order valence-electron chi connectivity index (χ2n) is 7.64. The number of alkyl halides is 3. The van der Waals surface area contributed by atoms with Gasteiger partial charge in [0.2, 0.25) is 0 Å². The van der Waals surface area contributed by atoms with Gasteiger partial charge in [-0.25, -0.2) is 0 Å². The maximum Gasteiger partial charge on any atom is 0.416 e. The van der Waals surface area contributed by atoms with Crippen molar-refractivity contribution < 1.29 is 27.5 Å². The smallest absolute Gasteiger partial charge is 0.416 e. The monoisotopic (exact) mass is 470 g/mol. The molecule has 34 heavy (non-hydrogen) atoms. The van der Waals surface area contributed by atoms with E-state index in [1.807, 2.05) is 0 Å². The highest BCUT2D eigenvalue weighted by atomic mass is 19.4. The van der Waals surface area contributed by atoms with Crippen molar-refractivity contribution in [1.82, 2.24) is 0 Å². The lowest BCUT2D eigenvalue weighted by Gasteiger charge is -2.10. The number of rotatable bonds is 9. The summed E-state index contributed by atoms with van der Waals surface area (Å²) in [6, 6.07) is 17.3. The van der Waals surface area contributed by atoms with E-state index in [4.69, 9.17) is 4.74 Å². The van der Waals surface area contributed by atoms with Crippen molar-refractivity contribution in [1.29, 1.82) is 0 Å². The van der Waals surface area contributed by atoms with Gasteiger partial charge in [-0.1, -0.05) is 25.8 Å². The van der Waals surface area contributed by atoms with Gasteiger partial charge in [-0.3, -0.25) is 9.59 Å². The molecule has 0 aromatic heterocycles. The van der Waals surface area contributed by atoms with E-state index in [0.717, 1.165) is 31.4 Å². The molecule has 8 heteroatoms. The Morgan fingerprint density at radius 2 is 1.38 bits per heavy atom. The van der Waals surface area contributed by atoms with Gasteiger partial charge < -0.3 is 15.4 Å². The quantitative estimate of drug-likeness (QED) is 0.339. The molecule has 3 aromatic carbocycles. The van der Waals surface area contributed by atoms with Gasteiger partial charge in [0.15, 0.2) is 0 Å². The van der Waals surface area contributed by atoms with E-state index in [1.54, 1.807) is 36.4 Å². The van der Waals surface area contributed by atoms with E-state index >= 15 is 0 Å². The first kappa shape index (κ1) is 24.8. The summed E-state index contributed by atoms with van der Waals surface area (Å²) in [6.07, 6.45) is -1.30. The summed E-state index contributed by atoms with van der Waals surface area (Å²) in [6.45, 7) is 2.75. The third kappa shape index (κ3) is 7.10. The fourth-order valence-corrected chi connectivity index (χ4v) is 3.13. The molecule has 0 saturated heterocycles. The molecule has 0 saturated carbocycles. The predicted octanol–water partition coefficient (Wildman–Crippen LogP) is 6.78. The number of hydrogen-bond donors (Lipinski definition) is 2. The van der Waals surface area contributed by atoms with Crippen LogP contribution < -0.4 is 15.4 Å². The van der Waals surface area contributed by atoms with Crippen LogP contribution in [0.5, 0.6) is 5.75 Å². The Balaban J connectivity index is 1.56. The Morgan fingerprint density at radius 3 is 1.97 bits per heavy atom. The summed E-state index contributed by atoms with van der Waals surface area (Å²) in [5, 5.41) is 5.19. The molecule has 0 bridgehead atoms. The molecule has 2 amide bonds. The predicted molar refractivity (Wildman–Crippen MR) is 125 cm³/mol. The molecule has 0 fully saturated rings. The highest BCUT2D eigenvalue weighted by Gasteiger charge is 2.30. The largest absolute Gasteiger partial charge is 0.494 e. The molecule has 0 spiro atoms. The first-order chi connectivity index (χ1) is 16.3. The zero-order valence-electron chi connectivity index (χ0n) is 18.6. The molecule has 0 unspecified atom stereocenters. The van der Waals surface area contributed by atoms with Crippen LogP contribution in [0, 0.1) is 0 Å². The van der Waals surface area contributed by atoms with Crippen LogP contribution in [0.3, 0.4) is 0 Å². The third-order valence-electron chi connectivity index (χ3n) is 4.99. The van der Waals surface area contributed by atoms with Crippen LogP contribution >= 0.6 is 0 Å². The van der Waals surface area contributed by atoms with Gasteiger partial charge in [-0.15, -0.1) is 0 Å². The van der Waals surface area contributed by atoms with E-state index in [2.05, 4.69) is 17.6 Å². The number of amides is 2. The van der Waals surface area contributed by atoms with Gasteiger partial charge in [0.1, 0.15) is 5.75 Å². The Labute approximate surface area is 195 Å². The van der Waals surface area contributed by atoms with E-state index in [-0.39, 0.29) is 17.2 Å². The Kier molecular flexibility index (Phi) is 8.29. The van der Waals surface area contributed by atoms with Crippen LogP contribution in [0.2, 0.25) is 0 Å². The molecule has 3 aromatic rings. The second kappa shape index (κ2) is 11.4. The molecule has 3 rings (SSSR count). The standard InChI is InChI=1S/C26H25F3N2O3/c1-2-3-4-16-34-23-14-10-19(11-15-23)24(32)30-21-12-8-18(9-13-21)25(33)31-22-7-5-6-20(17-22)26(27,28)29/h5-15,17H,2-4,16H2,1H3,(H,30,32)(H,31,33). The average Bonchev–Trinajstić information content (AvgIpc) is 2.82. The lowest BCUT2D eigenvalue weighted by Crippen LogP contribution is -2.14. The molecule has 5 nitrogen and oxygen atoms in total. The molecule has 0 aliphatic heterocycles. The summed E-state index contributed by atoms with van der Waals surface area (Å²) in [5.74, 6) is -0.186.